The quantitative estimate of drug-likeness (QED) is 0.930. The lowest BCUT2D eigenvalue weighted by Crippen LogP contribution is -2.06. The highest BCUT2D eigenvalue weighted by molar-refractivity contribution is 9.11. The van der Waals surface area contributed by atoms with Crippen molar-refractivity contribution in [2.45, 2.75) is 6.54 Å². The molecular weight excluding hydrogens is 336 g/mol. The van der Waals surface area contributed by atoms with E-state index in [1.807, 2.05) is 29.8 Å². The Morgan fingerprint density at radius 1 is 1.31 bits per heavy atom. The minimum atomic E-state index is 0.637. The highest BCUT2D eigenvalue weighted by atomic mass is 79.9. The summed E-state index contributed by atoms with van der Waals surface area (Å²) in [5, 5.41) is 11.1. The van der Waals surface area contributed by atoms with E-state index in [4.69, 9.17) is 0 Å². The van der Waals surface area contributed by atoms with Gasteiger partial charge in [-0.1, -0.05) is 6.07 Å². The first-order valence-electron chi connectivity index (χ1n) is 4.69. The molecule has 2 aromatic rings. The number of hydrogen-bond acceptors (Lipinski definition) is 3. The van der Waals surface area contributed by atoms with Gasteiger partial charge in [-0.3, -0.25) is 0 Å². The molecule has 0 amide bonds. The molecule has 0 aliphatic carbocycles. The summed E-state index contributed by atoms with van der Waals surface area (Å²) in [4.78, 5) is 0. The SMILES string of the molecule is Cn1cnnc1CNc1c(Br)cccc1Br. The van der Waals surface area contributed by atoms with E-state index in [2.05, 4.69) is 47.4 Å². The van der Waals surface area contributed by atoms with Gasteiger partial charge in [-0.25, -0.2) is 0 Å². The number of anilines is 1. The Labute approximate surface area is 110 Å². The molecule has 6 heteroatoms. The summed E-state index contributed by atoms with van der Waals surface area (Å²) in [7, 11) is 1.92. The molecule has 0 unspecified atom stereocenters. The predicted octanol–water partition coefficient (Wildman–Crippen LogP) is 2.95. The molecule has 0 aliphatic heterocycles. The number of benzene rings is 1. The van der Waals surface area contributed by atoms with Gasteiger partial charge >= 0.3 is 0 Å². The van der Waals surface area contributed by atoms with Crippen molar-refractivity contribution in [1.82, 2.24) is 14.8 Å². The summed E-state index contributed by atoms with van der Waals surface area (Å²) in [6.45, 7) is 0.637. The average molecular weight is 346 g/mol. The minimum Gasteiger partial charge on any atom is -0.376 e. The molecule has 0 saturated heterocycles. The third-order valence-electron chi connectivity index (χ3n) is 2.19. The van der Waals surface area contributed by atoms with Crippen LogP contribution >= 0.6 is 31.9 Å². The lowest BCUT2D eigenvalue weighted by molar-refractivity contribution is 0.812. The van der Waals surface area contributed by atoms with Crippen LogP contribution in [0, 0.1) is 0 Å². The molecule has 0 radical (unpaired) electrons. The van der Waals surface area contributed by atoms with Crippen LogP contribution in [0.25, 0.3) is 0 Å². The first-order chi connectivity index (χ1) is 7.68. The van der Waals surface area contributed by atoms with Crippen LogP contribution in [0.4, 0.5) is 5.69 Å². The second-order valence-electron chi connectivity index (χ2n) is 3.31. The maximum absolute atomic E-state index is 4.01. The highest BCUT2D eigenvalue weighted by Gasteiger charge is 2.05. The van der Waals surface area contributed by atoms with E-state index < -0.39 is 0 Å². The lowest BCUT2D eigenvalue weighted by Gasteiger charge is -2.09. The van der Waals surface area contributed by atoms with Crippen LogP contribution in [-0.2, 0) is 13.6 Å². The molecule has 16 heavy (non-hydrogen) atoms. The van der Waals surface area contributed by atoms with Gasteiger partial charge in [0.1, 0.15) is 6.33 Å². The van der Waals surface area contributed by atoms with E-state index in [1.165, 1.54) is 0 Å². The summed E-state index contributed by atoms with van der Waals surface area (Å²) in [6.07, 6.45) is 1.69. The second-order valence-corrected chi connectivity index (χ2v) is 5.02. The number of para-hydroxylation sites is 1. The second kappa shape index (κ2) is 4.97. The van der Waals surface area contributed by atoms with Gasteiger partial charge in [0.15, 0.2) is 5.82 Å². The van der Waals surface area contributed by atoms with Crippen molar-refractivity contribution in [3.8, 4) is 0 Å². The van der Waals surface area contributed by atoms with E-state index in [0.29, 0.717) is 6.54 Å². The summed E-state index contributed by atoms with van der Waals surface area (Å²) in [6, 6.07) is 5.95. The monoisotopic (exact) mass is 344 g/mol. The summed E-state index contributed by atoms with van der Waals surface area (Å²) in [5.74, 6) is 0.891. The number of nitrogens with zero attached hydrogens (tertiary/aromatic N) is 3. The molecule has 1 aromatic carbocycles. The minimum absolute atomic E-state index is 0.637. The Bertz CT molecular complexity index is 475. The number of hydrogen-bond donors (Lipinski definition) is 1. The van der Waals surface area contributed by atoms with Crippen LogP contribution < -0.4 is 5.32 Å². The fourth-order valence-electron chi connectivity index (χ4n) is 1.30. The van der Waals surface area contributed by atoms with Crippen LogP contribution in [0.15, 0.2) is 33.5 Å². The number of halogens is 2. The first-order valence-corrected chi connectivity index (χ1v) is 6.28. The molecule has 0 fully saturated rings. The van der Waals surface area contributed by atoms with Gasteiger partial charge in [0.2, 0.25) is 0 Å². The van der Waals surface area contributed by atoms with Gasteiger partial charge in [0.05, 0.1) is 12.2 Å². The molecule has 1 N–H and O–H groups in total. The fraction of sp³-hybridized carbons (Fsp3) is 0.200. The molecule has 84 valence electrons. The molecule has 0 aliphatic rings. The summed E-state index contributed by atoms with van der Waals surface area (Å²) in [5.41, 5.74) is 1.02. The summed E-state index contributed by atoms with van der Waals surface area (Å²) >= 11 is 6.99. The zero-order chi connectivity index (χ0) is 11.5. The van der Waals surface area contributed by atoms with Crippen molar-refractivity contribution in [2.75, 3.05) is 5.32 Å². The first kappa shape index (κ1) is 11.6. The molecule has 1 heterocycles. The topological polar surface area (TPSA) is 42.7 Å². The Morgan fingerprint density at radius 3 is 2.56 bits per heavy atom. The number of rotatable bonds is 3. The van der Waals surface area contributed by atoms with Crippen molar-refractivity contribution in [1.29, 1.82) is 0 Å². The van der Waals surface area contributed by atoms with Gasteiger partial charge in [-0.2, -0.15) is 0 Å². The maximum Gasteiger partial charge on any atom is 0.151 e. The molecule has 2 rings (SSSR count). The van der Waals surface area contributed by atoms with Gasteiger partial charge in [0, 0.05) is 16.0 Å². The van der Waals surface area contributed by atoms with Crippen LogP contribution in [-0.4, -0.2) is 14.8 Å². The van der Waals surface area contributed by atoms with Gasteiger partial charge < -0.3 is 9.88 Å². The molecule has 0 saturated carbocycles. The smallest absolute Gasteiger partial charge is 0.151 e. The van der Waals surface area contributed by atoms with Crippen molar-refractivity contribution < 1.29 is 0 Å². The van der Waals surface area contributed by atoms with E-state index >= 15 is 0 Å². The fourth-order valence-corrected chi connectivity index (χ4v) is 2.58. The van der Waals surface area contributed by atoms with E-state index in [-0.39, 0.29) is 0 Å². The molecule has 0 bridgehead atoms. The Kier molecular flexibility index (Phi) is 3.60. The zero-order valence-corrected chi connectivity index (χ0v) is 11.8. The Morgan fingerprint density at radius 2 is 2.00 bits per heavy atom. The zero-order valence-electron chi connectivity index (χ0n) is 8.61. The number of aryl methyl sites for hydroxylation is 1. The van der Waals surface area contributed by atoms with Crippen molar-refractivity contribution >= 4 is 37.5 Å². The average Bonchev–Trinajstić information content (AvgIpc) is 2.64. The van der Waals surface area contributed by atoms with Crippen molar-refractivity contribution in [2.24, 2.45) is 7.05 Å². The van der Waals surface area contributed by atoms with E-state index in [1.54, 1.807) is 6.33 Å². The van der Waals surface area contributed by atoms with Crippen molar-refractivity contribution in [3.63, 3.8) is 0 Å². The molecule has 0 atom stereocenters. The Hall–Kier alpha value is -0.880. The molecular formula is C10H10Br2N4. The van der Waals surface area contributed by atoms with E-state index in [9.17, 15) is 0 Å². The third kappa shape index (κ3) is 2.44. The highest BCUT2D eigenvalue weighted by Crippen LogP contribution is 2.30. The molecule has 1 aromatic heterocycles. The van der Waals surface area contributed by atoms with Crippen LogP contribution in [0.1, 0.15) is 5.82 Å². The largest absolute Gasteiger partial charge is 0.376 e. The van der Waals surface area contributed by atoms with Crippen LogP contribution in [0.2, 0.25) is 0 Å². The molecule has 4 nitrogen and oxygen atoms in total. The maximum atomic E-state index is 4.01. The van der Waals surface area contributed by atoms with Gasteiger partial charge in [0.25, 0.3) is 0 Å². The van der Waals surface area contributed by atoms with E-state index in [0.717, 1.165) is 20.5 Å². The standard InChI is InChI=1S/C10H10Br2N4/c1-16-6-14-15-9(16)5-13-10-7(11)3-2-4-8(10)12/h2-4,6,13H,5H2,1H3. The van der Waals surface area contributed by atoms with Crippen LogP contribution in [0.5, 0.6) is 0 Å². The van der Waals surface area contributed by atoms with Gasteiger partial charge in [-0.05, 0) is 44.0 Å². The summed E-state index contributed by atoms with van der Waals surface area (Å²) < 4.78 is 3.92. The lowest BCUT2D eigenvalue weighted by atomic mass is 10.3. The Balaban J connectivity index is 2.14. The van der Waals surface area contributed by atoms with Crippen molar-refractivity contribution in [3.05, 3.63) is 39.3 Å². The predicted molar refractivity (Wildman–Crippen MR) is 70.2 cm³/mol. The molecule has 0 spiro atoms. The van der Waals surface area contributed by atoms with Gasteiger partial charge in [-0.15, -0.1) is 10.2 Å². The third-order valence-corrected chi connectivity index (χ3v) is 3.51. The normalized spacial score (nSPS) is 10.4. The number of nitrogens with one attached hydrogen (secondary N) is 1. The number of aromatic nitrogens is 3. The van der Waals surface area contributed by atoms with Crippen LogP contribution in [0.3, 0.4) is 0 Å².